The summed E-state index contributed by atoms with van der Waals surface area (Å²) in [6.07, 6.45) is 2.02. The van der Waals surface area contributed by atoms with E-state index in [0.717, 1.165) is 19.4 Å². The fraction of sp³-hybridized carbons (Fsp3) is 0.500. The Morgan fingerprint density at radius 3 is 2.81 bits per heavy atom. The van der Waals surface area contributed by atoms with Gasteiger partial charge >= 0.3 is 0 Å². The molecular weight excluding hydrogens is 272 g/mol. The van der Waals surface area contributed by atoms with E-state index in [4.69, 9.17) is 0 Å². The molecule has 7 heteroatoms. The van der Waals surface area contributed by atoms with Gasteiger partial charge in [-0.1, -0.05) is 0 Å². The van der Waals surface area contributed by atoms with Gasteiger partial charge in [-0.3, -0.25) is 14.9 Å². The van der Waals surface area contributed by atoms with E-state index in [1.807, 2.05) is 11.9 Å². The van der Waals surface area contributed by atoms with Gasteiger partial charge in [-0.25, -0.2) is 0 Å². The Morgan fingerprint density at radius 1 is 1.43 bits per heavy atom. The number of hydrogen-bond acceptors (Lipinski definition) is 5. The molecule has 0 bridgehead atoms. The molecule has 0 spiro atoms. The molecule has 0 aromatic heterocycles. The number of anilines is 1. The molecule has 1 amide bonds. The van der Waals surface area contributed by atoms with E-state index in [9.17, 15) is 14.9 Å². The number of nitro benzene ring substituents is 1. The van der Waals surface area contributed by atoms with Crippen LogP contribution in [-0.4, -0.2) is 44.1 Å². The van der Waals surface area contributed by atoms with Crippen molar-refractivity contribution in [1.29, 1.82) is 0 Å². The summed E-state index contributed by atoms with van der Waals surface area (Å²) in [5.41, 5.74) is 0.991. The average Bonchev–Trinajstić information content (AvgIpc) is 2.53. The molecular formula is C14H20N4O3. The lowest BCUT2D eigenvalue weighted by molar-refractivity contribution is -0.384. The molecule has 2 N–H and O–H groups in total. The van der Waals surface area contributed by atoms with Gasteiger partial charge in [-0.05, 0) is 32.0 Å². The summed E-state index contributed by atoms with van der Waals surface area (Å²) in [6.45, 7) is 1.46. The molecule has 1 aromatic rings. The zero-order valence-corrected chi connectivity index (χ0v) is 12.3. The van der Waals surface area contributed by atoms with Crippen molar-refractivity contribution in [1.82, 2.24) is 10.6 Å². The lowest BCUT2D eigenvalue weighted by atomic mass is 10.0. The number of likely N-dealkylation sites (N-methyl/N-ethyl adjacent to an activating group) is 1. The maximum atomic E-state index is 11.7. The highest BCUT2D eigenvalue weighted by Crippen LogP contribution is 2.31. The molecule has 1 aromatic carbocycles. The van der Waals surface area contributed by atoms with Crippen molar-refractivity contribution in [2.75, 3.05) is 32.1 Å². The Bertz CT molecular complexity index is 547. The van der Waals surface area contributed by atoms with Crippen LogP contribution in [0.2, 0.25) is 0 Å². The van der Waals surface area contributed by atoms with Crippen molar-refractivity contribution in [2.24, 2.45) is 0 Å². The molecule has 114 valence electrons. The first-order valence-electron chi connectivity index (χ1n) is 6.99. The third kappa shape index (κ3) is 3.30. The highest BCUT2D eigenvalue weighted by Gasteiger charge is 2.25. The predicted molar refractivity (Wildman–Crippen MR) is 80.8 cm³/mol. The molecule has 0 saturated carbocycles. The summed E-state index contributed by atoms with van der Waals surface area (Å²) in [5.74, 6) is -0.242. The van der Waals surface area contributed by atoms with Crippen molar-refractivity contribution in [2.45, 2.75) is 18.9 Å². The van der Waals surface area contributed by atoms with Crippen LogP contribution in [-0.2, 0) is 0 Å². The zero-order valence-electron chi connectivity index (χ0n) is 12.3. The molecule has 0 radical (unpaired) electrons. The number of hydrogen-bond donors (Lipinski definition) is 2. The van der Waals surface area contributed by atoms with E-state index < -0.39 is 4.92 Å². The quantitative estimate of drug-likeness (QED) is 0.642. The minimum Gasteiger partial charge on any atom is -0.364 e. The van der Waals surface area contributed by atoms with Crippen molar-refractivity contribution in [3.05, 3.63) is 33.9 Å². The standard InChI is InChI=1S/C14H20N4O3/c1-15-11-4-3-7-17(9-11)13-8-10(14(19)16-2)5-6-12(13)18(20)21/h5-6,8,11,15H,3-4,7,9H2,1-2H3,(H,16,19). The third-order valence-electron chi connectivity index (χ3n) is 3.83. The van der Waals surface area contributed by atoms with E-state index in [1.54, 1.807) is 13.1 Å². The second kappa shape index (κ2) is 6.53. The van der Waals surface area contributed by atoms with E-state index in [1.165, 1.54) is 12.1 Å². The van der Waals surface area contributed by atoms with Crippen LogP contribution in [0.4, 0.5) is 11.4 Å². The van der Waals surface area contributed by atoms with Gasteiger partial charge < -0.3 is 15.5 Å². The topological polar surface area (TPSA) is 87.5 Å². The van der Waals surface area contributed by atoms with Crippen LogP contribution in [0.15, 0.2) is 18.2 Å². The molecule has 1 aliphatic heterocycles. The van der Waals surface area contributed by atoms with Crippen molar-refractivity contribution < 1.29 is 9.72 Å². The van der Waals surface area contributed by atoms with E-state index in [0.29, 0.717) is 23.8 Å². The van der Waals surface area contributed by atoms with Crippen LogP contribution >= 0.6 is 0 Å². The minimum atomic E-state index is -0.397. The fourth-order valence-electron chi connectivity index (χ4n) is 2.65. The number of amides is 1. The van der Waals surface area contributed by atoms with E-state index >= 15 is 0 Å². The molecule has 1 atom stereocenters. The van der Waals surface area contributed by atoms with Crippen molar-refractivity contribution >= 4 is 17.3 Å². The van der Waals surface area contributed by atoms with Gasteiger partial charge in [-0.15, -0.1) is 0 Å². The maximum absolute atomic E-state index is 11.7. The third-order valence-corrected chi connectivity index (χ3v) is 3.83. The summed E-state index contributed by atoms with van der Waals surface area (Å²) >= 11 is 0. The monoisotopic (exact) mass is 292 g/mol. The largest absolute Gasteiger partial charge is 0.364 e. The second-order valence-corrected chi connectivity index (χ2v) is 5.11. The van der Waals surface area contributed by atoms with E-state index in [2.05, 4.69) is 10.6 Å². The van der Waals surface area contributed by atoms with Gasteiger partial charge in [0.25, 0.3) is 11.6 Å². The summed E-state index contributed by atoms with van der Waals surface area (Å²) in [7, 11) is 3.44. The molecule has 1 saturated heterocycles. The number of benzene rings is 1. The van der Waals surface area contributed by atoms with Crippen LogP contribution in [0.3, 0.4) is 0 Å². The Balaban J connectivity index is 2.38. The molecule has 1 heterocycles. The molecule has 1 aliphatic rings. The Morgan fingerprint density at radius 2 is 2.19 bits per heavy atom. The Hall–Kier alpha value is -2.15. The number of carbonyl (C=O) groups is 1. The number of nitrogens with one attached hydrogen (secondary N) is 2. The predicted octanol–water partition coefficient (Wildman–Crippen LogP) is 1.14. The zero-order chi connectivity index (χ0) is 15.4. The normalized spacial score (nSPS) is 18.4. The van der Waals surface area contributed by atoms with Crippen LogP contribution in [0.5, 0.6) is 0 Å². The lowest BCUT2D eigenvalue weighted by Crippen LogP contribution is -2.44. The van der Waals surface area contributed by atoms with Gasteiger partial charge in [0.15, 0.2) is 0 Å². The van der Waals surface area contributed by atoms with Crippen LogP contribution in [0, 0.1) is 10.1 Å². The Labute approximate surface area is 123 Å². The van der Waals surface area contributed by atoms with Gasteiger partial charge in [0, 0.05) is 37.8 Å². The minimum absolute atomic E-state index is 0.0411. The number of piperidine rings is 1. The van der Waals surface area contributed by atoms with Gasteiger partial charge in [0.1, 0.15) is 5.69 Å². The van der Waals surface area contributed by atoms with Crippen molar-refractivity contribution in [3.8, 4) is 0 Å². The van der Waals surface area contributed by atoms with Gasteiger partial charge in [-0.2, -0.15) is 0 Å². The first-order valence-corrected chi connectivity index (χ1v) is 6.99. The smallest absolute Gasteiger partial charge is 0.292 e. The van der Waals surface area contributed by atoms with Crippen molar-refractivity contribution in [3.63, 3.8) is 0 Å². The first kappa shape index (κ1) is 15.2. The molecule has 21 heavy (non-hydrogen) atoms. The molecule has 0 aliphatic carbocycles. The highest BCUT2D eigenvalue weighted by molar-refractivity contribution is 5.95. The molecule has 2 rings (SSSR count). The summed E-state index contributed by atoms with van der Waals surface area (Å²) < 4.78 is 0. The fourth-order valence-corrected chi connectivity index (χ4v) is 2.65. The van der Waals surface area contributed by atoms with E-state index in [-0.39, 0.29) is 11.6 Å². The number of carbonyl (C=O) groups excluding carboxylic acids is 1. The maximum Gasteiger partial charge on any atom is 0.292 e. The number of nitro groups is 1. The lowest BCUT2D eigenvalue weighted by Gasteiger charge is -2.34. The summed E-state index contributed by atoms with van der Waals surface area (Å²) in [5, 5.41) is 17.0. The van der Waals surface area contributed by atoms with Crippen LogP contribution in [0.1, 0.15) is 23.2 Å². The molecule has 1 unspecified atom stereocenters. The van der Waals surface area contributed by atoms with Crippen LogP contribution < -0.4 is 15.5 Å². The average molecular weight is 292 g/mol. The van der Waals surface area contributed by atoms with Gasteiger partial charge in [0.05, 0.1) is 4.92 Å². The number of nitrogens with zero attached hydrogens (tertiary/aromatic N) is 2. The highest BCUT2D eigenvalue weighted by atomic mass is 16.6. The SMILES string of the molecule is CNC(=O)c1ccc([N+](=O)[O-])c(N2CCCC(NC)C2)c1. The molecule has 7 nitrogen and oxygen atoms in total. The van der Waals surface area contributed by atoms with Crippen LogP contribution in [0.25, 0.3) is 0 Å². The summed E-state index contributed by atoms with van der Waals surface area (Å²) in [4.78, 5) is 24.6. The number of rotatable bonds is 4. The Kier molecular flexibility index (Phi) is 4.74. The summed E-state index contributed by atoms with van der Waals surface area (Å²) in [6, 6.07) is 4.81. The van der Waals surface area contributed by atoms with Gasteiger partial charge in [0.2, 0.25) is 0 Å². The molecule has 1 fully saturated rings. The second-order valence-electron chi connectivity index (χ2n) is 5.11. The first-order chi connectivity index (χ1) is 10.1.